The Morgan fingerprint density at radius 1 is 0.771 bits per heavy atom. The van der Waals surface area contributed by atoms with Crippen molar-refractivity contribution >= 4 is 45.1 Å². The van der Waals surface area contributed by atoms with Crippen molar-refractivity contribution in [2.24, 2.45) is 0 Å². The highest BCUT2D eigenvalue weighted by Crippen LogP contribution is 2.31. The number of para-hydroxylation sites is 2. The fraction of sp³-hybridized carbons (Fsp3) is 0.192. The summed E-state index contributed by atoms with van der Waals surface area (Å²) in [6.45, 7) is -0.385. The zero-order valence-corrected chi connectivity index (χ0v) is 20.7. The smallest absolute Gasteiger partial charge is 0.306 e. The summed E-state index contributed by atoms with van der Waals surface area (Å²) >= 11 is 3.31. The van der Waals surface area contributed by atoms with E-state index < -0.39 is 11.9 Å². The predicted molar refractivity (Wildman–Crippen MR) is 136 cm³/mol. The summed E-state index contributed by atoms with van der Waals surface area (Å²) in [5.74, 6) is 0.597. The van der Waals surface area contributed by atoms with Gasteiger partial charge in [0.05, 0.1) is 7.11 Å². The Morgan fingerprint density at radius 3 is 2.03 bits per heavy atom. The molecule has 0 heterocycles. The van der Waals surface area contributed by atoms with Crippen LogP contribution in [0.3, 0.4) is 0 Å². The van der Waals surface area contributed by atoms with E-state index in [9.17, 15) is 14.4 Å². The van der Waals surface area contributed by atoms with Crippen molar-refractivity contribution in [3.05, 3.63) is 77.3 Å². The summed E-state index contributed by atoms with van der Waals surface area (Å²) in [5.41, 5.74) is 1.21. The maximum atomic E-state index is 12.2. The molecule has 0 radical (unpaired) electrons. The number of amides is 2. The molecule has 9 heteroatoms. The first-order chi connectivity index (χ1) is 16.9. The van der Waals surface area contributed by atoms with Gasteiger partial charge in [-0.2, -0.15) is 0 Å². The van der Waals surface area contributed by atoms with E-state index in [0.717, 1.165) is 4.47 Å². The summed E-state index contributed by atoms with van der Waals surface area (Å²) in [6, 6.07) is 21.3. The number of ether oxygens (including phenoxy) is 3. The van der Waals surface area contributed by atoms with Crippen LogP contribution < -0.4 is 20.1 Å². The molecule has 0 unspecified atom stereocenters. The van der Waals surface area contributed by atoms with Crippen LogP contribution >= 0.6 is 15.9 Å². The van der Waals surface area contributed by atoms with Gasteiger partial charge in [0.15, 0.2) is 18.1 Å². The van der Waals surface area contributed by atoms with E-state index in [1.165, 1.54) is 0 Å². The highest BCUT2D eigenvalue weighted by atomic mass is 79.9. The SMILES string of the molecule is COc1ccccc1Oc1ccc(NC(=O)CCCC(=O)OCC(=O)Nc2ccc(Br)cc2)cc1. The van der Waals surface area contributed by atoms with Crippen LogP contribution in [0.2, 0.25) is 0 Å². The minimum absolute atomic E-state index is 0.0324. The lowest BCUT2D eigenvalue weighted by Gasteiger charge is -2.11. The van der Waals surface area contributed by atoms with Crippen LogP contribution in [0.4, 0.5) is 11.4 Å². The second-order valence-corrected chi connectivity index (χ2v) is 8.31. The van der Waals surface area contributed by atoms with Gasteiger partial charge in [-0.3, -0.25) is 14.4 Å². The first kappa shape index (κ1) is 25.8. The molecule has 0 saturated carbocycles. The minimum Gasteiger partial charge on any atom is -0.493 e. The number of benzene rings is 3. The van der Waals surface area contributed by atoms with Crippen molar-refractivity contribution in [2.45, 2.75) is 19.3 Å². The number of carbonyl (C=O) groups is 3. The van der Waals surface area contributed by atoms with Crippen LogP contribution in [-0.2, 0) is 19.1 Å². The Kier molecular flexibility index (Phi) is 9.68. The first-order valence-corrected chi connectivity index (χ1v) is 11.6. The molecule has 0 aromatic heterocycles. The summed E-state index contributed by atoms with van der Waals surface area (Å²) < 4.78 is 16.9. The molecule has 182 valence electrons. The molecular weight excluding hydrogens is 516 g/mol. The number of nitrogens with one attached hydrogen (secondary N) is 2. The van der Waals surface area contributed by atoms with Crippen LogP contribution in [0.1, 0.15) is 19.3 Å². The molecule has 0 spiro atoms. The second kappa shape index (κ2) is 13.1. The molecule has 3 aromatic rings. The van der Waals surface area contributed by atoms with Gasteiger partial charge in [0.25, 0.3) is 5.91 Å². The summed E-state index contributed by atoms with van der Waals surface area (Å²) in [4.78, 5) is 35.9. The fourth-order valence-electron chi connectivity index (χ4n) is 3.00. The molecule has 0 aliphatic heterocycles. The maximum absolute atomic E-state index is 12.2. The van der Waals surface area contributed by atoms with E-state index in [-0.39, 0.29) is 25.4 Å². The van der Waals surface area contributed by atoms with E-state index in [1.54, 1.807) is 67.8 Å². The predicted octanol–water partition coefficient (Wildman–Crippen LogP) is 5.54. The van der Waals surface area contributed by atoms with Gasteiger partial charge in [-0.1, -0.05) is 28.1 Å². The maximum Gasteiger partial charge on any atom is 0.306 e. The minimum atomic E-state index is -0.540. The summed E-state index contributed by atoms with van der Waals surface area (Å²) in [5, 5.41) is 5.40. The number of carbonyl (C=O) groups excluding carboxylic acids is 3. The van der Waals surface area contributed by atoms with Crippen LogP contribution in [0, 0.1) is 0 Å². The molecule has 0 bridgehead atoms. The van der Waals surface area contributed by atoms with Crippen LogP contribution in [0.25, 0.3) is 0 Å². The quantitative estimate of drug-likeness (QED) is 0.309. The normalized spacial score (nSPS) is 10.2. The third kappa shape index (κ3) is 8.78. The van der Waals surface area contributed by atoms with Crippen molar-refractivity contribution in [1.29, 1.82) is 0 Å². The number of hydrogen-bond acceptors (Lipinski definition) is 6. The van der Waals surface area contributed by atoms with Crippen molar-refractivity contribution in [2.75, 3.05) is 24.4 Å². The monoisotopic (exact) mass is 540 g/mol. The molecule has 0 aliphatic carbocycles. The average molecular weight is 541 g/mol. The van der Waals surface area contributed by atoms with Gasteiger partial charge >= 0.3 is 5.97 Å². The Bertz CT molecular complexity index is 1150. The lowest BCUT2D eigenvalue weighted by atomic mass is 10.2. The molecule has 2 N–H and O–H groups in total. The second-order valence-electron chi connectivity index (χ2n) is 7.39. The van der Waals surface area contributed by atoms with E-state index in [0.29, 0.717) is 35.0 Å². The van der Waals surface area contributed by atoms with E-state index in [4.69, 9.17) is 14.2 Å². The zero-order valence-electron chi connectivity index (χ0n) is 19.1. The molecule has 0 fully saturated rings. The average Bonchev–Trinajstić information content (AvgIpc) is 2.86. The van der Waals surface area contributed by atoms with Gasteiger partial charge in [0, 0.05) is 28.7 Å². The number of hydrogen-bond donors (Lipinski definition) is 2. The van der Waals surface area contributed by atoms with E-state index >= 15 is 0 Å². The van der Waals surface area contributed by atoms with Gasteiger partial charge in [-0.05, 0) is 67.1 Å². The van der Waals surface area contributed by atoms with Gasteiger partial charge in [-0.25, -0.2) is 0 Å². The highest BCUT2D eigenvalue weighted by molar-refractivity contribution is 9.10. The lowest BCUT2D eigenvalue weighted by molar-refractivity contribution is -0.147. The van der Waals surface area contributed by atoms with Crippen molar-refractivity contribution < 1.29 is 28.6 Å². The van der Waals surface area contributed by atoms with E-state index in [2.05, 4.69) is 26.6 Å². The molecule has 0 atom stereocenters. The Balaban J connectivity index is 1.34. The lowest BCUT2D eigenvalue weighted by Crippen LogP contribution is -2.21. The topological polar surface area (TPSA) is 103 Å². The first-order valence-electron chi connectivity index (χ1n) is 10.8. The molecule has 8 nitrogen and oxygen atoms in total. The number of anilines is 2. The molecule has 3 aromatic carbocycles. The zero-order chi connectivity index (χ0) is 25.0. The molecular formula is C26H25BrN2O6. The molecule has 0 saturated heterocycles. The fourth-order valence-corrected chi connectivity index (χ4v) is 3.27. The van der Waals surface area contributed by atoms with Gasteiger partial charge in [0.1, 0.15) is 5.75 Å². The van der Waals surface area contributed by atoms with Gasteiger partial charge in [0.2, 0.25) is 5.91 Å². The van der Waals surface area contributed by atoms with Crippen LogP contribution in [0.5, 0.6) is 17.2 Å². The molecule has 2 amide bonds. The molecule has 3 rings (SSSR count). The van der Waals surface area contributed by atoms with Crippen molar-refractivity contribution in [1.82, 2.24) is 0 Å². The summed E-state index contributed by atoms with van der Waals surface area (Å²) in [6.07, 6.45) is 0.471. The standard InChI is InChI=1S/C26H25BrN2O6/c1-33-22-5-2-3-6-23(22)35-21-15-13-20(14-16-21)28-24(30)7-4-8-26(32)34-17-25(31)29-19-11-9-18(27)10-12-19/h2-3,5-6,9-16H,4,7-8,17H2,1H3,(H,28,30)(H,29,31). The third-order valence-corrected chi connectivity index (χ3v) is 5.24. The highest BCUT2D eigenvalue weighted by Gasteiger charge is 2.10. The van der Waals surface area contributed by atoms with Crippen LogP contribution in [0.15, 0.2) is 77.3 Å². The third-order valence-electron chi connectivity index (χ3n) is 4.71. The number of methoxy groups -OCH3 is 1. The molecule has 0 aliphatic rings. The number of esters is 1. The Labute approximate surface area is 211 Å². The van der Waals surface area contributed by atoms with Gasteiger partial charge < -0.3 is 24.8 Å². The van der Waals surface area contributed by atoms with Crippen molar-refractivity contribution in [3.8, 4) is 17.2 Å². The molecule has 35 heavy (non-hydrogen) atoms. The van der Waals surface area contributed by atoms with Crippen LogP contribution in [-0.4, -0.2) is 31.5 Å². The largest absolute Gasteiger partial charge is 0.493 e. The van der Waals surface area contributed by atoms with Crippen molar-refractivity contribution in [3.63, 3.8) is 0 Å². The Hall–Kier alpha value is -3.85. The number of halogens is 1. The van der Waals surface area contributed by atoms with Gasteiger partial charge in [-0.15, -0.1) is 0 Å². The Morgan fingerprint density at radius 2 is 1.37 bits per heavy atom. The summed E-state index contributed by atoms with van der Waals surface area (Å²) in [7, 11) is 1.57. The van der Waals surface area contributed by atoms with E-state index in [1.807, 2.05) is 12.1 Å². The number of rotatable bonds is 11.